The lowest BCUT2D eigenvalue weighted by atomic mass is 10.1. The van der Waals surface area contributed by atoms with Crippen LogP contribution in [-0.4, -0.2) is 16.4 Å². The quantitative estimate of drug-likeness (QED) is 0.529. The number of hydrogen-bond donors (Lipinski definition) is 0. The smallest absolute Gasteiger partial charge is 0.287 e. The van der Waals surface area contributed by atoms with E-state index in [-0.39, 0.29) is 10.6 Å². The van der Waals surface area contributed by atoms with Crippen molar-refractivity contribution in [1.82, 2.24) is 9.78 Å². The summed E-state index contributed by atoms with van der Waals surface area (Å²) in [5, 5.41) is 4.47. The molecule has 6 heteroatoms. The molecule has 0 amide bonds. The zero-order valence-electron chi connectivity index (χ0n) is 15.0. The summed E-state index contributed by atoms with van der Waals surface area (Å²) in [6, 6.07) is 7.90. The molecule has 0 aliphatic rings. The molecule has 0 aliphatic carbocycles. The van der Waals surface area contributed by atoms with Gasteiger partial charge in [0.2, 0.25) is 0 Å². The SMILES string of the molecule is C/C=C/COc1ccc(CSc2cnn(C(C)(C)C)c(=O)c2Cl)cc1. The summed E-state index contributed by atoms with van der Waals surface area (Å²) in [6.45, 7) is 8.29. The van der Waals surface area contributed by atoms with E-state index in [0.29, 0.717) is 17.3 Å². The van der Waals surface area contributed by atoms with Crippen molar-refractivity contribution in [2.45, 2.75) is 43.9 Å². The molecule has 1 aromatic heterocycles. The van der Waals surface area contributed by atoms with Gasteiger partial charge in [-0.25, -0.2) is 4.68 Å². The highest BCUT2D eigenvalue weighted by atomic mass is 35.5. The lowest BCUT2D eigenvalue weighted by Crippen LogP contribution is -2.36. The predicted octanol–water partition coefficient (Wildman–Crippen LogP) is 4.90. The first-order valence-corrected chi connectivity index (χ1v) is 9.43. The average Bonchev–Trinajstić information content (AvgIpc) is 2.56. The molecular weight excluding hydrogens is 356 g/mol. The minimum atomic E-state index is -0.396. The van der Waals surface area contributed by atoms with Crippen LogP contribution in [0.4, 0.5) is 0 Å². The van der Waals surface area contributed by atoms with Crippen LogP contribution in [0, 0.1) is 0 Å². The average molecular weight is 379 g/mol. The van der Waals surface area contributed by atoms with Gasteiger partial charge in [0.15, 0.2) is 0 Å². The van der Waals surface area contributed by atoms with Crippen LogP contribution in [0.2, 0.25) is 5.02 Å². The highest BCUT2D eigenvalue weighted by Gasteiger charge is 2.19. The third-order valence-corrected chi connectivity index (χ3v) is 5.00. The van der Waals surface area contributed by atoms with Crippen LogP contribution < -0.4 is 10.3 Å². The number of nitrogens with zero attached hydrogens (tertiary/aromatic N) is 2. The predicted molar refractivity (Wildman–Crippen MR) is 105 cm³/mol. The molecule has 0 bridgehead atoms. The van der Waals surface area contributed by atoms with Crippen molar-refractivity contribution in [3.63, 3.8) is 0 Å². The summed E-state index contributed by atoms with van der Waals surface area (Å²) < 4.78 is 6.99. The molecule has 0 atom stereocenters. The van der Waals surface area contributed by atoms with E-state index in [1.165, 1.54) is 16.4 Å². The molecule has 0 spiro atoms. The molecule has 25 heavy (non-hydrogen) atoms. The van der Waals surface area contributed by atoms with Gasteiger partial charge in [-0.1, -0.05) is 35.9 Å². The summed E-state index contributed by atoms with van der Waals surface area (Å²) in [7, 11) is 0. The van der Waals surface area contributed by atoms with E-state index in [0.717, 1.165) is 11.3 Å². The van der Waals surface area contributed by atoms with Crippen LogP contribution in [0.15, 0.2) is 52.3 Å². The Balaban J connectivity index is 2.04. The van der Waals surface area contributed by atoms with Crippen molar-refractivity contribution in [1.29, 1.82) is 0 Å². The Morgan fingerprint density at radius 1 is 1.28 bits per heavy atom. The van der Waals surface area contributed by atoms with Gasteiger partial charge < -0.3 is 4.74 Å². The summed E-state index contributed by atoms with van der Waals surface area (Å²) in [5.41, 5.74) is 0.471. The molecule has 1 heterocycles. The maximum Gasteiger partial charge on any atom is 0.287 e. The van der Waals surface area contributed by atoms with E-state index in [4.69, 9.17) is 16.3 Å². The van der Waals surface area contributed by atoms with Crippen molar-refractivity contribution < 1.29 is 4.74 Å². The van der Waals surface area contributed by atoms with Gasteiger partial charge in [-0.05, 0) is 45.4 Å². The van der Waals surface area contributed by atoms with Gasteiger partial charge in [0.05, 0.1) is 16.6 Å². The molecule has 0 fully saturated rings. The van der Waals surface area contributed by atoms with Gasteiger partial charge >= 0.3 is 0 Å². The number of aromatic nitrogens is 2. The van der Waals surface area contributed by atoms with E-state index in [9.17, 15) is 4.79 Å². The van der Waals surface area contributed by atoms with Crippen LogP contribution in [-0.2, 0) is 11.3 Å². The fraction of sp³-hybridized carbons (Fsp3) is 0.368. The van der Waals surface area contributed by atoms with E-state index < -0.39 is 5.54 Å². The minimum absolute atomic E-state index is 0.223. The number of ether oxygens (including phenoxy) is 1. The van der Waals surface area contributed by atoms with E-state index in [2.05, 4.69) is 5.10 Å². The molecule has 134 valence electrons. The van der Waals surface area contributed by atoms with Gasteiger partial charge in [0.25, 0.3) is 5.56 Å². The van der Waals surface area contributed by atoms with Crippen LogP contribution in [0.3, 0.4) is 0 Å². The molecule has 0 saturated heterocycles. The summed E-state index contributed by atoms with van der Waals surface area (Å²) in [5.74, 6) is 1.54. The number of rotatable bonds is 6. The highest BCUT2D eigenvalue weighted by Crippen LogP contribution is 2.28. The fourth-order valence-electron chi connectivity index (χ4n) is 2.08. The van der Waals surface area contributed by atoms with Gasteiger partial charge in [0, 0.05) is 5.75 Å². The Morgan fingerprint density at radius 2 is 1.96 bits per heavy atom. The topological polar surface area (TPSA) is 44.1 Å². The van der Waals surface area contributed by atoms with Gasteiger partial charge in [-0.15, -0.1) is 11.8 Å². The number of hydrogen-bond acceptors (Lipinski definition) is 4. The lowest BCUT2D eigenvalue weighted by Gasteiger charge is -2.21. The zero-order valence-corrected chi connectivity index (χ0v) is 16.5. The molecule has 4 nitrogen and oxygen atoms in total. The molecule has 2 aromatic rings. The molecule has 0 unspecified atom stereocenters. The lowest BCUT2D eigenvalue weighted by molar-refractivity contribution is 0.336. The van der Waals surface area contributed by atoms with Gasteiger partial charge in [0.1, 0.15) is 17.4 Å². The van der Waals surface area contributed by atoms with Crippen LogP contribution in [0.1, 0.15) is 33.3 Å². The van der Waals surface area contributed by atoms with Gasteiger partial charge in [-0.2, -0.15) is 5.10 Å². The number of allylic oxidation sites excluding steroid dienone is 1. The van der Waals surface area contributed by atoms with Crippen molar-refractivity contribution in [2.75, 3.05) is 6.61 Å². The van der Waals surface area contributed by atoms with Crippen LogP contribution in [0.5, 0.6) is 5.75 Å². The number of thioether (sulfide) groups is 1. The second kappa shape index (κ2) is 8.59. The van der Waals surface area contributed by atoms with Crippen LogP contribution in [0.25, 0.3) is 0 Å². The molecule has 2 rings (SSSR count). The monoisotopic (exact) mass is 378 g/mol. The van der Waals surface area contributed by atoms with E-state index >= 15 is 0 Å². The zero-order chi connectivity index (χ0) is 18.4. The second-order valence-electron chi connectivity index (χ2n) is 6.52. The molecule has 0 N–H and O–H groups in total. The first-order chi connectivity index (χ1) is 11.8. The molecule has 0 radical (unpaired) electrons. The first-order valence-electron chi connectivity index (χ1n) is 8.07. The number of halogens is 1. The highest BCUT2D eigenvalue weighted by molar-refractivity contribution is 7.98. The second-order valence-corrected chi connectivity index (χ2v) is 7.92. The molecule has 0 aliphatic heterocycles. The third kappa shape index (κ3) is 5.38. The standard InChI is InChI=1S/C19H23ClN2O2S/c1-5-6-11-24-15-9-7-14(8-10-15)13-25-16-12-21-22(19(2,3)4)18(23)17(16)20/h5-10,12H,11,13H2,1-4H3/b6-5+. The Morgan fingerprint density at radius 3 is 2.56 bits per heavy atom. The maximum absolute atomic E-state index is 12.4. The Bertz CT molecular complexity index is 793. The minimum Gasteiger partial charge on any atom is -0.490 e. The molecule has 1 aromatic carbocycles. The summed E-state index contributed by atoms with van der Waals surface area (Å²) in [6.07, 6.45) is 5.57. The van der Waals surface area contributed by atoms with Crippen molar-refractivity contribution in [3.05, 3.63) is 63.6 Å². The Kier molecular flexibility index (Phi) is 6.73. The normalized spacial score (nSPS) is 11.9. The molecule has 0 saturated carbocycles. The largest absolute Gasteiger partial charge is 0.490 e. The van der Waals surface area contributed by atoms with Gasteiger partial charge in [-0.3, -0.25) is 4.79 Å². The van der Waals surface area contributed by atoms with Crippen molar-refractivity contribution in [2.24, 2.45) is 0 Å². The fourth-order valence-corrected chi connectivity index (χ4v) is 3.22. The van der Waals surface area contributed by atoms with E-state index in [1.54, 1.807) is 6.20 Å². The Hall–Kier alpha value is -1.72. The first kappa shape index (κ1) is 19.6. The third-order valence-electron chi connectivity index (χ3n) is 3.42. The van der Waals surface area contributed by atoms with Crippen molar-refractivity contribution in [3.8, 4) is 5.75 Å². The van der Waals surface area contributed by atoms with Crippen LogP contribution >= 0.6 is 23.4 Å². The Labute approximate surface area is 157 Å². The summed E-state index contributed by atoms with van der Waals surface area (Å²) in [4.78, 5) is 13.0. The number of benzene rings is 1. The molecular formula is C19H23ClN2O2S. The van der Waals surface area contributed by atoms with Crippen molar-refractivity contribution >= 4 is 23.4 Å². The maximum atomic E-state index is 12.4. The van der Waals surface area contributed by atoms with E-state index in [1.807, 2.05) is 64.1 Å². The summed E-state index contributed by atoms with van der Waals surface area (Å²) >= 11 is 7.75.